The van der Waals surface area contributed by atoms with E-state index in [-0.39, 0.29) is 4.88 Å². The van der Waals surface area contributed by atoms with Crippen molar-refractivity contribution in [3.8, 4) is 10.4 Å². The summed E-state index contributed by atoms with van der Waals surface area (Å²) in [5, 5.41) is 10.2. The average Bonchev–Trinajstić information content (AvgIpc) is 2.96. The first-order valence-electron chi connectivity index (χ1n) is 7.01. The smallest absolute Gasteiger partial charge is 0.344 e. The molecule has 6 heteroatoms. The Morgan fingerprint density at radius 2 is 1.88 bits per heavy atom. The number of hydrogen-bond donors (Lipinski definition) is 1. The molecule has 2 aromatic heterocycles. The third-order valence-corrected chi connectivity index (χ3v) is 5.03. The van der Waals surface area contributed by atoms with Crippen molar-refractivity contribution in [2.24, 2.45) is 0 Å². The van der Waals surface area contributed by atoms with Gasteiger partial charge in [-0.3, -0.25) is 4.98 Å². The largest absolute Gasteiger partial charge is 0.477 e. The summed E-state index contributed by atoms with van der Waals surface area (Å²) in [7, 11) is 0. The molecule has 1 aromatic carbocycles. The van der Waals surface area contributed by atoms with Gasteiger partial charge in [-0.05, 0) is 47.4 Å². The zero-order valence-corrected chi connectivity index (χ0v) is 13.9. The molecule has 0 unspecified atom stereocenters. The summed E-state index contributed by atoms with van der Waals surface area (Å²) in [6, 6.07) is 10.7. The lowest BCUT2D eigenvalue weighted by molar-refractivity contribution is 0.0701. The van der Waals surface area contributed by atoms with Crippen LogP contribution in [0, 0.1) is 6.57 Å². The van der Waals surface area contributed by atoms with Crippen molar-refractivity contribution in [1.29, 1.82) is 0 Å². The molecule has 0 radical (unpaired) electrons. The number of carbonyl (C=O) groups is 1. The predicted octanol–water partition coefficient (Wildman–Crippen LogP) is 5.30. The Kier molecular flexibility index (Phi) is 4.61. The van der Waals surface area contributed by atoms with Gasteiger partial charge in [-0.25, -0.2) is 9.64 Å². The molecule has 0 aliphatic rings. The van der Waals surface area contributed by atoms with Crippen LogP contribution in [-0.2, 0) is 6.42 Å². The summed E-state index contributed by atoms with van der Waals surface area (Å²) in [4.78, 5) is 20.1. The molecule has 0 spiro atoms. The van der Waals surface area contributed by atoms with E-state index < -0.39 is 5.97 Å². The standard InChI is InChI=1S/C18H11ClN2O2S/c1-20-15-14(10-11-2-4-13(19)5-3-11)17(18(22)23)24-16(15)12-6-8-21-9-7-12/h2-9H,10H2,(H,22,23). The topological polar surface area (TPSA) is 54.5 Å². The van der Waals surface area contributed by atoms with Gasteiger partial charge < -0.3 is 5.11 Å². The van der Waals surface area contributed by atoms with Crippen molar-refractivity contribution < 1.29 is 9.90 Å². The molecule has 2 heterocycles. The van der Waals surface area contributed by atoms with E-state index >= 15 is 0 Å². The quantitative estimate of drug-likeness (QED) is 0.646. The Hall–Kier alpha value is -2.68. The van der Waals surface area contributed by atoms with Gasteiger partial charge in [-0.1, -0.05) is 23.7 Å². The van der Waals surface area contributed by atoms with E-state index in [1.807, 2.05) is 12.1 Å². The molecule has 1 N–H and O–H groups in total. The van der Waals surface area contributed by atoms with Crippen LogP contribution in [0.2, 0.25) is 5.02 Å². The van der Waals surface area contributed by atoms with Crippen molar-refractivity contribution in [3.05, 3.63) is 81.2 Å². The molecular weight excluding hydrogens is 344 g/mol. The maximum Gasteiger partial charge on any atom is 0.344 e. The predicted molar refractivity (Wildman–Crippen MR) is 95.0 cm³/mol. The molecule has 0 saturated carbocycles. The third-order valence-electron chi connectivity index (χ3n) is 3.52. The monoisotopic (exact) mass is 354 g/mol. The number of benzene rings is 1. The fraction of sp³-hybridized carbons (Fsp3) is 0.0556. The van der Waals surface area contributed by atoms with Crippen LogP contribution in [0.25, 0.3) is 15.3 Å². The lowest BCUT2D eigenvalue weighted by Crippen LogP contribution is -1.98. The number of pyridine rings is 1. The Morgan fingerprint density at radius 3 is 2.46 bits per heavy atom. The van der Waals surface area contributed by atoms with E-state index in [0.29, 0.717) is 27.6 Å². The molecule has 3 rings (SSSR count). The summed E-state index contributed by atoms with van der Waals surface area (Å²) in [6.07, 6.45) is 3.63. The van der Waals surface area contributed by atoms with Crippen molar-refractivity contribution >= 4 is 34.6 Å². The first-order valence-corrected chi connectivity index (χ1v) is 8.21. The van der Waals surface area contributed by atoms with Crippen LogP contribution in [0.5, 0.6) is 0 Å². The Morgan fingerprint density at radius 1 is 1.21 bits per heavy atom. The van der Waals surface area contributed by atoms with Crippen LogP contribution in [0.4, 0.5) is 5.69 Å². The van der Waals surface area contributed by atoms with E-state index in [1.54, 1.807) is 36.7 Å². The van der Waals surface area contributed by atoms with Gasteiger partial charge in [-0.2, -0.15) is 0 Å². The summed E-state index contributed by atoms with van der Waals surface area (Å²) in [6.45, 7) is 7.53. The summed E-state index contributed by atoms with van der Waals surface area (Å²) in [5.41, 5.74) is 2.63. The molecule has 0 atom stereocenters. The van der Waals surface area contributed by atoms with Gasteiger partial charge in [-0.15, -0.1) is 11.3 Å². The number of halogens is 1. The van der Waals surface area contributed by atoms with Crippen LogP contribution >= 0.6 is 22.9 Å². The van der Waals surface area contributed by atoms with Gasteiger partial charge in [0.25, 0.3) is 0 Å². The third kappa shape index (κ3) is 3.16. The fourth-order valence-electron chi connectivity index (χ4n) is 2.42. The molecule has 3 aromatic rings. The first kappa shape index (κ1) is 16.2. The minimum atomic E-state index is -1.02. The molecular formula is C18H11ClN2O2S. The minimum Gasteiger partial charge on any atom is -0.477 e. The normalized spacial score (nSPS) is 10.3. The van der Waals surface area contributed by atoms with Gasteiger partial charge in [0, 0.05) is 22.3 Å². The number of carboxylic acid groups (broad SMARTS) is 1. The van der Waals surface area contributed by atoms with Gasteiger partial charge >= 0.3 is 5.97 Å². The highest BCUT2D eigenvalue weighted by Crippen LogP contribution is 2.43. The molecule has 0 amide bonds. The van der Waals surface area contributed by atoms with Crippen molar-refractivity contribution in [2.75, 3.05) is 0 Å². The number of nitrogens with zero attached hydrogens (tertiary/aromatic N) is 2. The molecule has 4 nitrogen and oxygen atoms in total. The zero-order chi connectivity index (χ0) is 17.1. The maximum atomic E-state index is 11.7. The van der Waals surface area contributed by atoms with Crippen LogP contribution in [0.3, 0.4) is 0 Å². The van der Waals surface area contributed by atoms with E-state index in [2.05, 4.69) is 9.83 Å². The number of aromatic nitrogens is 1. The average molecular weight is 355 g/mol. The van der Waals surface area contributed by atoms with E-state index in [9.17, 15) is 9.90 Å². The highest BCUT2D eigenvalue weighted by atomic mass is 35.5. The van der Waals surface area contributed by atoms with Crippen molar-refractivity contribution in [3.63, 3.8) is 0 Å². The lowest BCUT2D eigenvalue weighted by Gasteiger charge is -2.03. The number of hydrogen-bond acceptors (Lipinski definition) is 3. The second kappa shape index (κ2) is 6.83. The van der Waals surface area contributed by atoms with Gasteiger partial charge in [0.2, 0.25) is 5.69 Å². The second-order valence-corrected chi connectivity index (χ2v) is 6.50. The number of rotatable bonds is 4. The van der Waals surface area contributed by atoms with Gasteiger partial charge in [0.1, 0.15) is 4.88 Å². The molecule has 0 aliphatic heterocycles. The molecule has 0 aliphatic carbocycles. The van der Waals surface area contributed by atoms with Crippen molar-refractivity contribution in [2.45, 2.75) is 6.42 Å². The maximum absolute atomic E-state index is 11.7. The molecule has 24 heavy (non-hydrogen) atoms. The second-order valence-electron chi connectivity index (χ2n) is 5.04. The summed E-state index contributed by atoms with van der Waals surface area (Å²) >= 11 is 7.02. The molecule has 0 fully saturated rings. The van der Waals surface area contributed by atoms with E-state index in [4.69, 9.17) is 18.2 Å². The number of carboxylic acids is 1. The fourth-order valence-corrected chi connectivity index (χ4v) is 3.65. The Labute approximate surface area is 147 Å². The summed E-state index contributed by atoms with van der Waals surface area (Å²) < 4.78 is 0. The van der Waals surface area contributed by atoms with Crippen LogP contribution in [-0.4, -0.2) is 16.1 Å². The van der Waals surface area contributed by atoms with Gasteiger partial charge in [0.05, 0.1) is 6.57 Å². The highest BCUT2D eigenvalue weighted by molar-refractivity contribution is 7.18. The molecule has 0 saturated heterocycles. The first-order chi connectivity index (χ1) is 11.6. The van der Waals surface area contributed by atoms with Gasteiger partial charge in [0.15, 0.2) is 0 Å². The molecule has 118 valence electrons. The Bertz CT molecular complexity index is 928. The minimum absolute atomic E-state index is 0.197. The van der Waals surface area contributed by atoms with Crippen LogP contribution in [0.1, 0.15) is 20.8 Å². The highest BCUT2D eigenvalue weighted by Gasteiger charge is 2.23. The van der Waals surface area contributed by atoms with Crippen molar-refractivity contribution in [1.82, 2.24) is 4.98 Å². The zero-order valence-electron chi connectivity index (χ0n) is 12.4. The molecule has 0 bridgehead atoms. The van der Waals surface area contributed by atoms with E-state index in [1.165, 1.54) is 0 Å². The summed E-state index contributed by atoms with van der Waals surface area (Å²) in [5.74, 6) is -1.02. The van der Waals surface area contributed by atoms with Crippen LogP contribution < -0.4 is 0 Å². The van der Waals surface area contributed by atoms with Crippen LogP contribution in [0.15, 0.2) is 48.8 Å². The lowest BCUT2D eigenvalue weighted by atomic mass is 10.0. The SMILES string of the molecule is [C-]#[N+]c1c(-c2ccncc2)sc(C(=O)O)c1Cc1ccc(Cl)cc1. The number of thiophene rings is 1. The number of aromatic carboxylic acids is 1. The van der Waals surface area contributed by atoms with E-state index in [0.717, 1.165) is 22.5 Å². The Balaban J connectivity index is 2.13.